The summed E-state index contributed by atoms with van der Waals surface area (Å²) in [6.45, 7) is 1.98. The van der Waals surface area contributed by atoms with Gasteiger partial charge in [-0.1, -0.05) is 19.1 Å². The molecule has 5 heteroatoms. The van der Waals surface area contributed by atoms with Crippen LogP contribution in [0.25, 0.3) is 0 Å². The molecular formula is C18H19NO4. The number of ether oxygens (including phenoxy) is 2. The number of rotatable bonds is 6. The number of nitrogens with one attached hydrogen (secondary N) is 1. The number of esters is 1. The van der Waals surface area contributed by atoms with E-state index in [1.807, 2.05) is 24.3 Å². The fourth-order valence-electron chi connectivity index (χ4n) is 2.01. The lowest BCUT2D eigenvalue weighted by Gasteiger charge is -2.09. The van der Waals surface area contributed by atoms with Gasteiger partial charge in [-0.25, -0.2) is 4.79 Å². The van der Waals surface area contributed by atoms with E-state index in [1.165, 1.54) is 7.11 Å². The van der Waals surface area contributed by atoms with Crippen molar-refractivity contribution in [2.45, 2.75) is 13.3 Å². The van der Waals surface area contributed by atoms with Gasteiger partial charge in [0.25, 0.3) is 5.91 Å². The quantitative estimate of drug-likeness (QED) is 0.833. The molecule has 0 saturated heterocycles. The van der Waals surface area contributed by atoms with E-state index in [9.17, 15) is 9.59 Å². The summed E-state index contributed by atoms with van der Waals surface area (Å²) in [5, 5.41) is 2.71. The molecule has 23 heavy (non-hydrogen) atoms. The summed E-state index contributed by atoms with van der Waals surface area (Å²) < 4.78 is 10.1. The molecule has 0 spiro atoms. The molecule has 0 aliphatic heterocycles. The number of anilines is 1. The molecule has 0 heterocycles. The van der Waals surface area contributed by atoms with Gasteiger partial charge in [0.2, 0.25) is 0 Å². The van der Waals surface area contributed by atoms with Crippen LogP contribution in [0.4, 0.5) is 5.69 Å². The smallest absolute Gasteiger partial charge is 0.337 e. The van der Waals surface area contributed by atoms with E-state index in [0.29, 0.717) is 17.0 Å². The average molecular weight is 313 g/mol. The second kappa shape index (κ2) is 7.98. The number of benzene rings is 2. The third-order valence-corrected chi connectivity index (χ3v) is 3.27. The van der Waals surface area contributed by atoms with Crippen molar-refractivity contribution in [3.05, 3.63) is 59.7 Å². The summed E-state index contributed by atoms with van der Waals surface area (Å²) in [5.41, 5.74) is 2.17. The Kier molecular flexibility index (Phi) is 5.74. The average Bonchev–Trinajstić information content (AvgIpc) is 2.60. The molecule has 0 unspecified atom stereocenters. The van der Waals surface area contributed by atoms with E-state index >= 15 is 0 Å². The van der Waals surface area contributed by atoms with Crippen LogP contribution < -0.4 is 10.1 Å². The minimum absolute atomic E-state index is 0.0775. The highest BCUT2D eigenvalue weighted by atomic mass is 16.5. The van der Waals surface area contributed by atoms with Gasteiger partial charge in [0.05, 0.1) is 12.7 Å². The molecule has 0 aliphatic rings. The van der Waals surface area contributed by atoms with E-state index < -0.39 is 5.97 Å². The molecule has 0 atom stereocenters. The Labute approximate surface area is 135 Å². The first kappa shape index (κ1) is 16.5. The van der Waals surface area contributed by atoms with Gasteiger partial charge >= 0.3 is 5.97 Å². The Morgan fingerprint density at radius 2 is 1.83 bits per heavy atom. The maximum Gasteiger partial charge on any atom is 0.337 e. The molecule has 0 aliphatic carbocycles. The van der Waals surface area contributed by atoms with Crippen LogP contribution in [0.5, 0.6) is 5.75 Å². The number of carbonyl (C=O) groups excluding carboxylic acids is 2. The maximum absolute atomic E-state index is 11.9. The van der Waals surface area contributed by atoms with E-state index in [4.69, 9.17) is 4.74 Å². The van der Waals surface area contributed by atoms with Crippen molar-refractivity contribution in [2.75, 3.05) is 19.0 Å². The minimum atomic E-state index is -0.415. The second-order valence-corrected chi connectivity index (χ2v) is 4.91. The number of carbonyl (C=O) groups is 2. The molecule has 0 aromatic heterocycles. The summed E-state index contributed by atoms with van der Waals surface area (Å²) in [6, 6.07) is 14.1. The van der Waals surface area contributed by atoms with Gasteiger partial charge in [0.1, 0.15) is 5.75 Å². The fraction of sp³-hybridized carbons (Fsp3) is 0.222. The normalized spacial score (nSPS) is 10.0. The summed E-state index contributed by atoms with van der Waals surface area (Å²) in [7, 11) is 1.32. The van der Waals surface area contributed by atoms with Crippen LogP contribution in [0.2, 0.25) is 0 Å². The third kappa shape index (κ3) is 4.85. The van der Waals surface area contributed by atoms with E-state index in [1.54, 1.807) is 24.3 Å². The molecule has 120 valence electrons. The standard InChI is InChI=1S/C18H19NO4/c1-3-13-5-4-6-16(11-13)23-12-17(20)19-15-9-7-14(8-10-15)18(21)22-2/h4-11H,3,12H2,1-2H3,(H,19,20). The fourth-order valence-corrected chi connectivity index (χ4v) is 2.01. The molecule has 2 aromatic carbocycles. The highest BCUT2D eigenvalue weighted by molar-refractivity contribution is 5.93. The van der Waals surface area contributed by atoms with Crippen LogP contribution in [0.15, 0.2) is 48.5 Å². The predicted octanol–water partition coefficient (Wildman–Crippen LogP) is 3.05. The van der Waals surface area contributed by atoms with Gasteiger partial charge in [-0.15, -0.1) is 0 Å². The lowest BCUT2D eigenvalue weighted by atomic mass is 10.2. The topological polar surface area (TPSA) is 64.6 Å². The number of hydrogen-bond donors (Lipinski definition) is 1. The monoisotopic (exact) mass is 313 g/mol. The van der Waals surface area contributed by atoms with E-state index in [2.05, 4.69) is 17.0 Å². The first-order chi connectivity index (χ1) is 11.1. The third-order valence-electron chi connectivity index (χ3n) is 3.27. The molecular weight excluding hydrogens is 294 g/mol. The number of methoxy groups -OCH3 is 1. The zero-order valence-corrected chi connectivity index (χ0v) is 13.2. The highest BCUT2D eigenvalue weighted by Crippen LogP contribution is 2.14. The van der Waals surface area contributed by atoms with Crippen LogP contribution in [0.3, 0.4) is 0 Å². The zero-order valence-electron chi connectivity index (χ0n) is 13.2. The lowest BCUT2D eigenvalue weighted by molar-refractivity contribution is -0.118. The van der Waals surface area contributed by atoms with Gasteiger partial charge in [-0.2, -0.15) is 0 Å². The van der Waals surface area contributed by atoms with Crippen molar-refractivity contribution in [3.63, 3.8) is 0 Å². The van der Waals surface area contributed by atoms with Crippen molar-refractivity contribution >= 4 is 17.6 Å². The predicted molar refractivity (Wildman–Crippen MR) is 87.7 cm³/mol. The van der Waals surface area contributed by atoms with Crippen LogP contribution >= 0.6 is 0 Å². The van der Waals surface area contributed by atoms with Crippen molar-refractivity contribution in [2.24, 2.45) is 0 Å². The molecule has 0 saturated carbocycles. The second-order valence-electron chi connectivity index (χ2n) is 4.91. The number of hydrogen-bond acceptors (Lipinski definition) is 4. The Balaban J connectivity index is 1.88. The lowest BCUT2D eigenvalue weighted by Crippen LogP contribution is -2.20. The van der Waals surface area contributed by atoms with Gasteiger partial charge in [0.15, 0.2) is 6.61 Å². The molecule has 0 radical (unpaired) electrons. The van der Waals surface area contributed by atoms with Crippen LogP contribution in [0.1, 0.15) is 22.8 Å². The number of amides is 1. The first-order valence-corrected chi connectivity index (χ1v) is 7.32. The van der Waals surface area contributed by atoms with Crippen molar-refractivity contribution in [3.8, 4) is 5.75 Å². The largest absolute Gasteiger partial charge is 0.484 e. The maximum atomic E-state index is 11.9. The van der Waals surface area contributed by atoms with E-state index in [0.717, 1.165) is 12.0 Å². The molecule has 1 amide bonds. The van der Waals surface area contributed by atoms with Crippen molar-refractivity contribution in [1.29, 1.82) is 0 Å². The molecule has 0 bridgehead atoms. The molecule has 1 N–H and O–H groups in total. The SMILES string of the molecule is CCc1cccc(OCC(=O)Nc2ccc(C(=O)OC)cc2)c1. The van der Waals surface area contributed by atoms with Gasteiger partial charge in [-0.3, -0.25) is 4.79 Å². The summed E-state index contributed by atoms with van der Waals surface area (Å²) in [6.07, 6.45) is 0.913. The summed E-state index contributed by atoms with van der Waals surface area (Å²) in [5.74, 6) is -0.0136. The number of aryl methyl sites for hydroxylation is 1. The van der Waals surface area contributed by atoms with Crippen molar-refractivity contribution < 1.29 is 19.1 Å². The van der Waals surface area contributed by atoms with Crippen LogP contribution in [0, 0.1) is 0 Å². The summed E-state index contributed by atoms with van der Waals surface area (Å²) >= 11 is 0. The van der Waals surface area contributed by atoms with Gasteiger partial charge in [0, 0.05) is 5.69 Å². The summed E-state index contributed by atoms with van der Waals surface area (Å²) in [4.78, 5) is 23.2. The Morgan fingerprint density at radius 3 is 2.48 bits per heavy atom. The highest BCUT2D eigenvalue weighted by Gasteiger charge is 2.07. The van der Waals surface area contributed by atoms with Gasteiger partial charge < -0.3 is 14.8 Å². The molecule has 0 fully saturated rings. The first-order valence-electron chi connectivity index (χ1n) is 7.32. The van der Waals surface area contributed by atoms with Gasteiger partial charge in [-0.05, 0) is 48.4 Å². The van der Waals surface area contributed by atoms with Crippen LogP contribution in [-0.4, -0.2) is 25.6 Å². The molecule has 2 aromatic rings. The Morgan fingerprint density at radius 1 is 1.09 bits per heavy atom. The Bertz CT molecular complexity index is 680. The van der Waals surface area contributed by atoms with Crippen LogP contribution in [-0.2, 0) is 16.0 Å². The molecule has 2 rings (SSSR count). The zero-order chi connectivity index (χ0) is 16.7. The van der Waals surface area contributed by atoms with Crippen molar-refractivity contribution in [1.82, 2.24) is 0 Å². The minimum Gasteiger partial charge on any atom is -0.484 e. The van der Waals surface area contributed by atoms with E-state index in [-0.39, 0.29) is 12.5 Å². The molecule has 5 nitrogen and oxygen atoms in total. The Hall–Kier alpha value is -2.82.